The number of pyridine rings is 1. The van der Waals surface area contributed by atoms with E-state index in [2.05, 4.69) is 50.6 Å². The zero-order valence-corrected chi connectivity index (χ0v) is 21.6. The molecule has 0 bridgehead atoms. The number of fused-ring (bicyclic) bond motifs is 1. The van der Waals surface area contributed by atoms with Gasteiger partial charge in [0.25, 0.3) is 0 Å². The topological polar surface area (TPSA) is 71.4 Å². The Hall–Kier alpha value is -2.09. The second kappa shape index (κ2) is 12.6. The van der Waals surface area contributed by atoms with Crippen molar-refractivity contribution in [2.75, 3.05) is 25.4 Å². The van der Waals surface area contributed by atoms with Crippen molar-refractivity contribution in [2.24, 2.45) is 0 Å². The first-order chi connectivity index (χ1) is 16.6. The van der Waals surface area contributed by atoms with Gasteiger partial charge in [0.1, 0.15) is 17.3 Å². The molecule has 1 fully saturated rings. The summed E-state index contributed by atoms with van der Waals surface area (Å²) >= 11 is 1.88. The molecular weight excluding hydrogens is 442 g/mol. The molecule has 3 heterocycles. The number of nitrogen functional groups attached to an aromatic ring is 1. The highest BCUT2D eigenvalue weighted by molar-refractivity contribution is 7.94. The fraction of sp³-hybridized carbons (Fsp3) is 0.556. The number of hydrogen-bond donors (Lipinski definition) is 1. The molecular formula is C27H39N5OS. The molecule has 0 spiro atoms. The van der Waals surface area contributed by atoms with E-state index in [-0.39, 0.29) is 0 Å². The first-order valence-electron chi connectivity index (χ1n) is 12.8. The largest absolute Gasteiger partial charge is 0.445 e. The van der Waals surface area contributed by atoms with Gasteiger partial charge in [0, 0.05) is 57.4 Å². The normalized spacial score (nSPS) is 18.8. The molecule has 1 aliphatic carbocycles. The van der Waals surface area contributed by atoms with Gasteiger partial charge in [-0.05, 0) is 62.8 Å². The fourth-order valence-electron chi connectivity index (χ4n) is 4.65. The van der Waals surface area contributed by atoms with Crippen molar-refractivity contribution in [3.8, 4) is 0 Å². The van der Waals surface area contributed by atoms with Gasteiger partial charge in [0.05, 0.1) is 0 Å². The number of anilines is 1. The third-order valence-electron chi connectivity index (χ3n) is 6.39. The Labute approximate surface area is 209 Å². The molecule has 0 amide bonds. The van der Waals surface area contributed by atoms with Crippen LogP contribution in [-0.2, 0) is 19.4 Å². The quantitative estimate of drug-likeness (QED) is 0.232. The molecule has 4 rings (SSSR count). The van der Waals surface area contributed by atoms with Crippen LogP contribution in [-0.4, -0.2) is 38.2 Å². The van der Waals surface area contributed by atoms with Crippen molar-refractivity contribution >= 4 is 24.0 Å². The molecule has 2 N–H and O–H groups in total. The molecule has 2 aromatic rings. The van der Waals surface area contributed by atoms with Crippen LogP contribution in [0.2, 0.25) is 0 Å². The Morgan fingerprint density at radius 3 is 2.82 bits per heavy atom. The maximum Gasteiger partial charge on any atom is 0.194 e. The Morgan fingerprint density at radius 2 is 1.97 bits per heavy atom. The van der Waals surface area contributed by atoms with Gasteiger partial charge in [-0.2, -0.15) is 0 Å². The zero-order valence-electron chi connectivity index (χ0n) is 20.8. The molecule has 0 unspecified atom stereocenters. The first kappa shape index (κ1) is 25.0. The average molecular weight is 482 g/mol. The lowest BCUT2D eigenvalue weighted by Crippen LogP contribution is -2.13. The Balaban J connectivity index is 1.12. The molecule has 2 aliphatic rings. The van der Waals surface area contributed by atoms with Gasteiger partial charge < -0.3 is 10.2 Å². The maximum absolute atomic E-state index is 6.01. The summed E-state index contributed by atoms with van der Waals surface area (Å²) in [6.45, 7) is 8.71. The monoisotopic (exact) mass is 481 g/mol. The predicted molar refractivity (Wildman–Crippen MR) is 142 cm³/mol. The van der Waals surface area contributed by atoms with Gasteiger partial charge in [0.15, 0.2) is 5.89 Å². The molecule has 184 valence electrons. The van der Waals surface area contributed by atoms with Crippen molar-refractivity contribution in [3.05, 3.63) is 58.5 Å². The van der Waals surface area contributed by atoms with E-state index >= 15 is 0 Å². The third-order valence-corrected chi connectivity index (χ3v) is 7.53. The molecule has 0 saturated carbocycles. The van der Waals surface area contributed by atoms with Gasteiger partial charge >= 0.3 is 0 Å². The van der Waals surface area contributed by atoms with Crippen molar-refractivity contribution < 1.29 is 4.42 Å². The third kappa shape index (κ3) is 7.45. The van der Waals surface area contributed by atoms with Gasteiger partial charge in [-0.25, -0.2) is 18.6 Å². The highest BCUT2D eigenvalue weighted by atomic mass is 32.2. The van der Waals surface area contributed by atoms with E-state index in [9.17, 15) is 0 Å². The number of oxazole rings is 1. The average Bonchev–Trinajstić information content (AvgIpc) is 3.39. The lowest BCUT2D eigenvalue weighted by atomic mass is 9.96. The molecule has 1 aliphatic heterocycles. The Kier molecular flexibility index (Phi) is 9.25. The van der Waals surface area contributed by atoms with E-state index in [1.807, 2.05) is 18.2 Å². The van der Waals surface area contributed by atoms with Crippen LogP contribution in [0.4, 0.5) is 5.82 Å². The lowest BCUT2D eigenvalue weighted by Gasteiger charge is -2.16. The lowest BCUT2D eigenvalue weighted by molar-refractivity contribution is 0.446. The number of nitrogens with zero attached hydrogens (tertiary/aromatic N) is 4. The van der Waals surface area contributed by atoms with Crippen LogP contribution in [0.3, 0.4) is 0 Å². The number of aromatic nitrogens is 2. The predicted octanol–water partition coefficient (Wildman–Crippen LogP) is 6.21. The van der Waals surface area contributed by atoms with E-state index < -0.39 is 0 Å². The molecule has 0 atom stereocenters. The van der Waals surface area contributed by atoms with Gasteiger partial charge in [-0.3, -0.25) is 0 Å². The summed E-state index contributed by atoms with van der Waals surface area (Å²) in [6.07, 6.45) is 16.7. The summed E-state index contributed by atoms with van der Waals surface area (Å²) in [5.41, 5.74) is 11.0. The van der Waals surface area contributed by atoms with E-state index in [1.165, 1.54) is 49.8 Å². The highest BCUT2D eigenvalue weighted by Gasteiger charge is 2.21. The minimum absolute atomic E-state index is 0.601. The van der Waals surface area contributed by atoms with Gasteiger partial charge in [0.2, 0.25) is 0 Å². The smallest absolute Gasteiger partial charge is 0.194 e. The van der Waals surface area contributed by atoms with Gasteiger partial charge in [-0.1, -0.05) is 37.0 Å². The van der Waals surface area contributed by atoms with Crippen LogP contribution >= 0.6 is 12.1 Å². The number of allylic oxidation sites excluding steroid dienone is 3. The van der Waals surface area contributed by atoms with Crippen LogP contribution in [0.25, 0.3) is 6.08 Å². The second-order valence-corrected chi connectivity index (χ2v) is 10.7. The number of rotatable bonds is 11. The van der Waals surface area contributed by atoms with Crippen LogP contribution in [0.15, 0.2) is 40.0 Å². The second-order valence-electron chi connectivity index (χ2n) is 9.53. The maximum atomic E-state index is 6.01. The molecule has 0 radical (unpaired) electrons. The summed E-state index contributed by atoms with van der Waals surface area (Å²) in [6, 6.07) is 4.02. The van der Waals surface area contributed by atoms with E-state index in [0.29, 0.717) is 5.82 Å². The Bertz CT molecular complexity index is 999. The number of aryl methyl sites for hydroxylation is 1. The molecule has 0 aromatic carbocycles. The molecule has 34 heavy (non-hydrogen) atoms. The minimum Gasteiger partial charge on any atom is -0.445 e. The van der Waals surface area contributed by atoms with Crippen LogP contribution in [0.1, 0.15) is 81.7 Å². The molecule has 1 saturated heterocycles. The zero-order chi connectivity index (χ0) is 23.8. The standard InChI is InChI=1S/C27H39N5OS/c1-3-8-27-30-24-18-21(2)17-22(10-11-25(24)33-27)9-6-4-5-7-14-31-15-16-32(34-31)20-23-12-13-29-26(28)19-23/h10,12-13,18-19H,3-9,11,14-17,20H2,1-2H3,(H2,28,29)/b21-18?,22-10-. The summed E-state index contributed by atoms with van der Waals surface area (Å²) in [5.74, 6) is 2.52. The first-order valence-corrected chi connectivity index (χ1v) is 13.5. The molecule has 6 nitrogen and oxygen atoms in total. The number of unbranched alkanes of at least 4 members (excludes halogenated alkanes) is 3. The molecule has 7 heteroatoms. The van der Waals surface area contributed by atoms with Crippen molar-refractivity contribution in [3.63, 3.8) is 0 Å². The van der Waals surface area contributed by atoms with E-state index in [1.54, 1.807) is 11.8 Å². The SMILES string of the molecule is CCCc1nc2c(o1)C/C=C(/CCCCCCN1CCN(Cc3ccnc(N)c3)S1)CC(C)=C2. The van der Waals surface area contributed by atoms with E-state index in [0.717, 1.165) is 62.7 Å². The number of hydrogen-bond acceptors (Lipinski definition) is 7. The number of nitrogens with two attached hydrogens (primary N) is 1. The van der Waals surface area contributed by atoms with Crippen molar-refractivity contribution in [1.29, 1.82) is 0 Å². The van der Waals surface area contributed by atoms with Gasteiger partial charge in [-0.15, -0.1) is 0 Å². The van der Waals surface area contributed by atoms with Crippen molar-refractivity contribution in [1.82, 2.24) is 18.6 Å². The Morgan fingerprint density at radius 1 is 1.12 bits per heavy atom. The van der Waals surface area contributed by atoms with Crippen LogP contribution < -0.4 is 5.73 Å². The summed E-state index contributed by atoms with van der Waals surface area (Å²) in [5, 5.41) is 0. The molecule has 2 aromatic heterocycles. The summed E-state index contributed by atoms with van der Waals surface area (Å²) in [7, 11) is 0. The van der Waals surface area contributed by atoms with E-state index in [4.69, 9.17) is 10.2 Å². The highest BCUT2D eigenvalue weighted by Crippen LogP contribution is 2.28. The minimum atomic E-state index is 0.601. The summed E-state index contributed by atoms with van der Waals surface area (Å²) < 4.78 is 10.9. The van der Waals surface area contributed by atoms with Crippen LogP contribution in [0.5, 0.6) is 0 Å². The fourth-order valence-corrected chi connectivity index (χ4v) is 5.73. The van der Waals surface area contributed by atoms with Crippen molar-refractivity contribution in [2.45, 2.75) is 78.2 Å². The van der Waals surface area contributed by atoms with Crippen LogP contribution in [0, 0.1) is 0 Å². The summed E-state index contributed by atoms with van der Waals surface area (Å²) in [4.78, 5) is 8.77.